The van der Waals surface area contributed by atoms with Crippen molar-refractivity contribution >= 4 is 15.6 Å². The molecule has 0 aliphatic carbocycles. The van der Waals surface area contributed by atoms with Crippen molar-refractivity contribution in [2.45, 2.75) is 0 Å². The molecule has 0 radical (unpaired) electrons. The minimum Gasteiger partial charge on any atom is -0.302 e. The van der Waals surface area contributed by atoms with E-state index >= 15 is 0 Å². The average Bonchev–Trinajstić information content (AvgIpc) is 1.14. The first-order valence-electron chi connectivity index (χ1n) is 1.53. The Hall–Kier alpha value is 0.857. The molecule has 0 aliphatic heterocycles. The fourth-order valence-electron chi connectivity index (χ4n) is 0.139. The summed E-state index contributed by atoms with van der Waals surface area (Å²) in [6.45, 7) is 0. The average molecular weight is 197 g/mol. The van der Waals surface area contributed by atoms with Crippen LogP contribution in [-0.2, 0) is 13.4 Å². The van der Waals surface area contributed by atoms with Crippen LogP contribution in [0, 0.1) is 7.43 Å². The predicted octanol–water partition coefficient (Wildman–Crippen LogP) is -3.73. The van der Waals surface area contributed by atoms with Crippen molar-refractivity contribution in [2.75, 3.05) is 0 Å². The number of hydrogen-bond donors (Lipinski definition) is 4. The maximum Gasteiger partial charge on any atom is 4.00 e. The molecular formula is CH4LiO7P2+5. The Balaban J connectivity index is -0.000000320. The van der Waals surface area contributed by atoms with Crippen LogP contribution in [0.2, 0.25) is 0 Å². The second kappa shape index (κ2) is 5.49. The van der Waals surface area contributed by atoms with Gasteiger partial charge in [0.2, 0.25) is 0 Å². The molecule has 0 spiro atoms. The fraction of sp³-hybridized carbons (Fsp3) is 0. The van der Waals surface area contributed by atoms with Gasteiger partial charge in [0.15, 0.2) is 0 Å². The summed E-state index contributed by atoms with van der Waals surface area (Å²) in [5.41, 5.74) is 0. The van der Waals surface area contributed by atoms with Crippen LogP contribution in [0.15, 0.2) is 0 Å². The van der Waals surface area contributed by atoms with Crippen molar-refractivity contribution in [1.29, 1.82) is 0 Å². The van der Waals surface area contributed by atoms with Crippen LogP contribution in [0.3, 0.4) is 0 Å². The molecular weight excluding hydrogens is 193 g/mol. The summed E-state index contributed by atoms with van der Waals surface area (Å²) in [5.74, 6) is 0. The van der Waals surface area contributed by atoms with Crippen LogP contribution in [-0.4, -0.2) is 19.6 Å². The quantitative estimate of drug-likeness (QED) is 0.265. The Morgan fingerprint density at radius 2 is 1.09 bits per heavy atom. The van der Waals surface area contributed by atoms with Crippen LogP contribution in [0.5, 0.6) is 0 Å². The molecule has 7 nitrogen and oxygen atoms in total. The van der Waals surface area contributed by atoms with Crippen molar-refractivity contribution < 1.29 is 51.9 Å². The molecule has 0 heterocycles. The van der Waals surface area contributed by atoms with Gasteiger partial charge in [0.1, 0.15) is 0 Å². The van der Waals surface area contributed by atoms with E-state index in [4.69, 9.17) is 19.6 Å². The summed E-state index contributed by atoms with van der Waals surface area (Å²) >= 11 is 0. The summed E-state index contributed by atoms with van der Waals surface area (Å²) in [7, 11) is -10.1. The van der Waals surface area contributed by atoms with Crippen LogP contribution in [0.25, 0.3) is 0 Å². The number of phosphoric acid groups is 2. The molecule has 0 unspecified atom stereocenters. The van der Waals surface area contributed by atoms with E-state index in [0.29, 0.717) is 0 Å². The van der Waals surface area contributed by atoms with E-state index < -0.39 is 15.6 Å². The van der Waals surface area contributed by atoms with Crippen molar-refractivity contribution in [3.05, 3.63) is 7.43 Å². The standard InChI is InChI=1S/C.Li.H4O7P2/c;;1-8(2,3)7-9(4,5)6/h;;(H2,1,2,3)(H2,4,5,6)/q+4;+1;. The Labute approximate surface area is 75.4 Å². The van der Waals surface area contributed by atoms with E-state index in [1.807, 2.05) is 0 Å². The Bertz CT molecular complexity index is 157. The molecule has 0 saturated heterocycles. The predicted molar refractivity (Wildman–Crippen MR) is 28.4 cm³/mol. The van der Waals surface area contributed by atoms with Gasteiger partial charge in [-0.1, -0.05) is 0 Å². The van der Waals surface area contributed by atoms with Crippen molar-refractivity contribution in [3.63, 3.8) is 0 Å². The van der Waals surface area contributed by atoms with E-state index in [2.05, 4.69) is 4.31 Å². The SMILES string of the molecule is O=P(O)(O)OP(=O)(O)O.[C+4].[Li+]. The minimum atomic E-state index is -5.05. The zero-order valence-corrected chi connectivity index (χ0v) is 7.20. The molecule has 0 bridgehead atoms. The van der Waals surface area contributed by atoms with Gasteiger partial charge in [0.25, 0.3) is 0 Å². The van der Waals surface area contributed by atoms with E-state index in [-0.39, 0.29) is 26.3 Å². The fourth-order valence-corrected chi connectivity index (χ4v) is 1.25. The summed E-state index contributed by atoms with van der Waals surface area (Å²) in [4.78, 5) is 31.0. The van der Waals surface area contributed by atoms with Gasteiger partial charge in [0.05, 0.1) is 0 Å². The largest absolute Gasteiger partial charge is 4.00 e. The molecule has 4 N–H and O–H groups in total. The van der Waals surface area contributed by atoms with E-state index in [0.717, 1.165) is 0 Å². The third-order valence-corrected chi connectivity index (χ3v) is 1.91. The van der Waals surface area contributed by atoms with Gasteiger partial charge in [-0.3, -0.25) is 0 Å². The first kappa shape index (κ1) is 17.8. The molecule has 0 amide bonds. The number of hydrogen-bond acceptors (Lipinski definition) is 3. The first-order chi connectivity index (χ1) is 3.71. The molecule has 0 saturated carbocycles. The summed E-state index contributed by atoms with van der Waals surface area (Å²) in [6, 6.07) is 0. The van der Waals surface area contributed by atoms with Crippen molar-refractivity contribution in [3.8, 4) is 0 Å². The summed E-state index contributed by atoms with van der Waals surface area (Å²) < 4.78 is 22.2. The van der Waals surface area contributed by atoms with E-state index in [9.17, 15) is 9.13 Å². The zero-order valence-electron chi connectivity index (χ0n) is 5.41. The molecule has 11 heavy (non-hydrogen) atoms. The molecule has 0 atom stereocenters. The number of rotatable bonds is 2. The Morgan fingerprint density at radius 3 is 1.09 bits per heavy atom. The van der Waals surface area contributed by atoms with Crippen LogP contribution < -0.4 is 18.9 Å². The third-order valence-electron chi connectivity index (χ3n) is 0.213. The van der Waals surface area contributed by atoms with Gasteiger partial charge >= 0.3 is 41.9 Å². The second-order valence-electron chi connectivity index (χ2n) is 1.06. The topological polar surface area (TPSA) is 124 Å². The summed E-state index contributed by atoms with van der Waals surface area (Å²) in [5, 5.41) is 0. The maximum atomic E-state index is 9.63. The maximum absolute atomic E-state index is 9.63. The monoisotopic (exact) mass is 197 g/mol. The normalized spacial score (nSPS) is 11.3. The van der Waals surface area contributed by atoms with Crippen molar-refractivity contribution in [1.82, 2.24) is 0 Å². The first-order valence-corrected chi connectivity index (χ1v) is 4.59. The van der Waals surface area contributed by atoms with E-state index in [1.165, 1.54) is 0 Å². The van der Waals surface area contributed by atoms with Crippen LogP contribution >= 0.6 is 15.6 Å². The molecule has 0 aromatic carbocycles. The zero-order chi connectivity index (χ0) is 7.71. The van der Waals surface area contributed by atoms with Crippen molar-refractivity contribution in [2.24, 2.45) is 0 Å². The third kappa shape index (κ3) is 18.1. The molecule has 56 valence electrons. The molecule has 0 fully saturated rings. The van der Waals surface area contributed by atoms with Gasteiger partial charge < -0.3 is 19.6 Å². The van der Waals surface area contributed by atoms with Gasteiger partial charge in [-0.2, -0.15) is 4.31 Å². The van der Waals surface area contributed by atoms with Gasteiger partial charge in [-0.15, -0.1) is 0 Å². The Kier molecular flexibility index (Phi) is 8.90. The molecule has 0 rings (SSSR count). The molecule has 10 heteroatoms. The molecule has 0 aliphatic rings. The van der Waals surface area contributed by atoms with Gasteiger partial charge in [-0.25, -0.2) is 9.13 Å². The summed E-state index contributed by atoms with van der Waals surface area (Å²) in [6.07, 6.45) is 0. The van der Waals surface area contributed by atoms with Crippen LogP contribution in [0.1, 0.15) is 0 Å². The Morgan fingerprint density at radius 1 is 0.909 bits per heavy atom. The molecule has 0 aromatic heterocycles. The van der Waals surface area contributed by atoms with Gasteiger partial charge in [0, 0.05) is 0 Å². The minimum absolute atomic E-state index is 0. The van der Waals surface area contributed by atoms with Crippen LogP contribution in [0.4, 0.5) is 0 Å². The van der Waals surface area contributed by atoms with Gasteiger partial charge in [-0.05, 0) is 0 Å². The smallest absolute Gasteiger partial charge is 0.302 e. The second-order valence-corrected chi connectivity index (χ2v) is 3.68. The van der Waals surface area contributed by atoms with E-state index in [1.54, 1.807) is 0 Å². The molecule has 0 aromatic rings.